The van der Waals surface area contributed by atoms with Crippen LogP contribution in [0.2, 0.25) is 0 Å². The largest absolute Gasteiger partial charge is 0.494 e. The number of furan rings is 1. The molecule has 1 N–H and O–H groups in total. The molecule has 0 radical (unpaired) electrons. The van der Waals surface area contributed by atoms with Crippen molar-refractivity contribution in [3.63, 3.8) is 0 Å². The van der Waals surface area contributed by atoms with E-state index in [0.717, 1.165) is 29.5 Å². The summed E-state index contributed by atoms with van der Waals surface area (Å²) in [6, 6.07) is 11.8. The zero-order chi connectivity index (χ0) is 22.4. The van der Waals surface area contributed by atoms with E-state index in [-0.39, 0.29) is 11.3 Å². The minimum absolute atomic E-state index is 0.165. The molecule has 0 aliphatic carbocycles. The van der Waals surface area contributed by atoms with Crippen molar-refractivity contribution in [2.45, 2.75) is 36.1 Å². The van der Waals surface area contributed by atoms with Crippen molar-refractivity contribution in [1.29, 1.82) is 0 Å². The molecule has 7 nitrogen and oxygen atoms in total. The molecule has 1 aliphatic rings. The van der Waals surface area contributed by atoms with Crippen LogP contribution in [0.15, 0.2) is 58.4 Å². The van der Waals surface area contributed by atoms with Crippen molar-refractivity contribution < 1.29 is 18.7 Å². The lowest BCUT2D eigenvalue weighted by Gasteiger charge is -2.38. The van der Waals surface area contributed by atoms with Crippen LogP contribution in [-0.4, -0.2) is 41.8 Å². The van der Waals surface area contributed by atoms with Crippen LogP contribution in [0.25, 0.3) is 0 Å². The number of carbonyl (C=O) groups is 1. The summed E-state index contributed by atoms with van der Waals surface area (Å²) in [5, 5.41) is 4.00. The van der Waals surface area contributed by atoms with E-state index in [1.165, 1.54) is 5.56 Å². The Hall–Kier alpha value is -2.71. The maximum absolute atomic E-state index is 12.8. The van der Waals surface area contributed by atoms with Gasteiger partial charge >= 0.3 is 0 Å². The topological polar surface area (TPSA) is 78.5 Å². The van der Waals surface area contributed by atoms with Gasteiger partial charge in [0.05, 0.1) is 12.4 Å². The maximum atomic E-state index is 12.8. The molecule has 0 saturated carbocycles. The second-order valence-electron chi connectivity index (χ2n) is 7.91. The van der Waals surface area contributed by atoms with Gasteiger partial charge in [-0.25, -0.2) is 4.98 Å². The molecule has 2 aromatic heterocycles. The van der Waals surface area contributed by atoms with Crippen LogP contribution >= 0.6 is 11.8 Å². The molecule has 0 unspecified atom stereocenters. The first-order valence-electron chi connectivity index (χ1n) is 10.9. The number of nitrogens with one attached hydrogen (secondary N) is 1. The summed E-state index contributed by atoms with van der Waals surface area (Å²) in [7, 11) is 1.95. The molecule has 1 fully saturated rings. The lowest BCUT2D eigenvalue weighted by molar-refractivity contribution is 0.0484. The third kappa shape index (κ3) is 5.19. The van der Waals surface area contributed by atoms with Gasteiger partial charge in [-0.1, -0.05) is 23.9 Å². The summed E-state index contributed by atoms with van der Waals surface area (Å²) in [5.41, 5.74) is 1.03. The average molecular weight is 456 g/mol. The molecule has 3 heterocycles. The summed E-state index contributed by atoms with van der Waals surface area (Å²) in [6.45, 7) is 4.50. The first-order valence-corrected chi connectivity index (χ1v) is 11.9. The number of aromatic nitrogens is 2. The predicted octanol–water partition coefficient (Wildman–Crippen LogP) is 4.18. The number of carbonyl (C=O) groups excluding carboxylic acids is 1. The van der Waals surface area contributed by atoms with Crippen molar-refractivity contribution in [2.24, 2.45) is 7.05 Å². The SMILES string of the molecule is CCOc1ccc(C2(CNC(=O)c3ccc(CSc4nccn4C)o3)CCOCC2)cc1. The second kappa shape index (κ2) is 10.3. The van der Waals surface area contributed by atoms with Crippen molar-refractivity contribution in [2.75, 3.05) is 26.4 Å². The molecule has 0 atom stereocenters. The fourth-order valence-electron chi connectivity index (χ4n) is 3.94. The quantitative estimate of drug-likeness (QED) is 0.488. The molecular formula is C24H29N3O4S. The lowest BCUT2D eigenvalue weighted by atomic mass is 9.74. The van der Waals surface area contributed by atoms with Crippen LogP contribution in [0.3, 0.4) is 0 Å². The molecule has 8 heteroatoms. The van der Waals surface area contributed by atoms with E-state index < -0.39 is 0 Å². The number of ether oxygens (including phenoxy) is 2. The minimum atomic E-state index is -0.199. The van der Waals surface area contributed by atoms with Crippen molar-refractivity contribution in [1.82, 2.24) is 14.9 Å². The fraction of sp³-hybridized carbons (Fsp3) is 0.417. The normalized spacial score (nSPS) is 15.4. The molecule has 32 heavy (non-hydrogen) atoms. The van der Waals surface area contributed by atoms with Gasteiger partial charge in [-0.05, 0) is 49.6 Å². The second-order valence-corrected chi connectivity index (χ2v) is 8.85. The highest BCUT2D eigenvalue weighted by molar-refractivity contribution is 7.98. The smallest absolute Gasteiger partial charge is 0.287 e. The molecular weight excluding hydrogens is 426 g/mol. The summed E-state index contributed by atoms with van der Waals surface area (Å²) in [5.74, 6) is 2.35. The van der Waals surface area contributed by atoms with Crippen LogP contribution in [0, 0.1) is 0 Å². The third-order valence-electron chi connectivity index (χ3n) is 5.82. The summed E-state index contributed by atoms with van der Waals surface area (Å²) < 4.78 is 18.9. The van der Waals surface area contributed by atoms with E-state index in [0.29, 0.717) is 37.9 Å². The predicted molar refractivity (Wildman–Crippen MR) is 123 cm³/mol. The number of nitrogens with zero attached hydrogens (tertiary/aromatic N) is 2. The molecule has 170 valence electrons. The van der Waals surface area contributed by atoms with Gasteiger partial charge in [-0.2, -0.15) is 0 Å². The number of imidazole rings is 1. The summed E-state index contributed by atoms with van der Waals surface area (Å²) >= 11 is 1.57. The average Bonchev–Trinajstić information content (AvgIpc) is 3.46. The van der Waals surface area contributed by atoms with Crippen molar-refractivity contribution >= 4 is 17.7 Å². The van der Waals surface area contributed by atoms with Gasteiger partial charge in [0.1, 0.15) is 11.5 Å². The Morgan fingerprint density at radius 1 is 1.22 bits per heavy atom. The monoisotopic (exact) mass is 455 g/mol. The highest BCUT2D eigenvalue weighted by Gasteiger charge is 2.35. The van der Waals surface area contributed by atoms with Gasteiger partial charge < -0.3 is 23.8 Å². The van der Waals surface area contributed by atoms with Crippen LogP contribution in [-0.2, 0) is 23.0 Å². The van der Waals surface area contributed by atoms with E-state index in [1.807, 2.05) is 42.9 Å². The maximum Gasteiger partial charge on any atom is 0.287 e. The van der Waals surface area contributed by atoms with E-state index in [4.69, 9.17) is 13.9 Å². The van der Waals surface area contributed by atoms with Gasteiger partial charge in [-0.3, -0.25) is 4.79 Å². The Morgan fingerprint density at radius 2 is 2.00 bits per heavy atom. The number of hydrogen-bond donors (Lipinski definition) is 1. The van der Waals surface area contributed by atoms with Gasteiger partial charge in [0.2, 0.25) is 0 Å². The first kappa shape index (κ1) is 22.5. The van der Waals surface area contributed by atoms with Crippen LogP contribution in [0.1, 0.15) is 41.6 Å². The molecule has 0 bridgehead atoms. The van der Waals surface area contributed by atoms with Gasteiger partial charge in [0, 0.05) is 44.6 Å². The van der Waals surface area contributed by atoms with Crippen LogP contribution in [0.4, 0.5) is 0 Å². The number of amides is 1. The highest BCUT2D eigenvalue weighted by atomic mass is 32.2. The molecule has 3 aromatic rings. The standard InChI is InChI=1S/C24H29N3O4S/c1-3-30-19-6-4-18(5-7-19)24(10-14-29-15-11-24)17-26-22(28)21-9-8-20(31-21)16-32-23-25-12-13-27(23)2/h4-9,12-13H,3,10-11,14-17H2,1-2H3,(H,26,28). The van der Waals surface area contributed by atoms with Crippen LogP contribution in [0.5, 0.6) is 5.75 Å². The van der Waals surface area contributed by atoms with Crippen molar-refractivity contribution in [3.8, 4) is 5.75 Å². The number of rotatable bonds is 9. The third-order valence-corrected chi connectivity index (χ3v) is 6.90. The molecule has 1 aromatic carbocycles. The van der Waals surface area contributed by atoms with Crippen LogP contribution < -0.4 is 10.1 Å². The Labute approximate surface area is 192 Å². The lowest BCUT2D eigenvalue weighted by Crippen LogP contribution is -2.44. The first-order chi connectivity index (χ1) is 15.6. The Bertz CT molecular complexity index is 1020. The van der Waals surface area contributed by atoms with Gasteiger partial charge in [0.15, 0.2) is 10.9 Å². The van der Waals surface area contributed by atoms with E-state index >= 15 is 0 Å². The Kier molecular flexibility index (Phi) is 7.22. The van der Waals surface area contributed by atoms with Gasteiger partial charge in [-0.15, -0.1) is 0 Å². The molecule has 1 saturated heterocycles. The molecule has 1 aliphatic heterocycles. The van der Waals surface area contributed by atoms with Crippen molar-refractivity contribution in [3.05, 3.63) is 65.9 Å². The summed E-state index contributed by atoms with van der Waals surface area (Å²) in [4.78, 5) is 17.1. The molecule has 0 spiro atoms. The number of aryl methyl sites for hydroxylation is 1. The minimum Gasteiger partial charge on any atom is -0.494 e. The van der Waals surface area contributed by atoms with E-state index in [1.54, 1.807) is 24.0 Å². The highest BCUT2D eigenvalue weighted by Crippen LogP contribution is 2.35. The zero-order valence-electron chi connectivity index (χ0n) is 18.5. The van der Waals surface area contributed by atoms with E-state index in [2.05, 4.69) is 22.4 Å². The molecule has 4 rings (SSSR count). The number of thioether (sulfide) groups is 1. The number of benzene rings is 1. The summed E-state index contributed by atoms with van der Waals surface area (Å²) in [6.07, 6.45) is 5.37. The Balaban J connectivity index is 1.39. The Morgan fingerprint density at radius 3 is 2.69 bits per heavy atom. The number of hydrogen-bond acceptors (Lipinski definition) is 6. The fourth-order valence-corrected chi connectivity index (χ4v) is 4.77. The zero-order valence-corrected chi connectivity index (χ0v) is 19.3. The van der Waals surface area contributed by atoms with E-state index in [9.17, 15) is 4.79 Å². The molecule has 1 amide bonds. The van der Waals surface area contributed by atoms with Gasteiger partial charge in [0.25, 0.3) is 5.91 Å².